The van der Waals surface area contributed by atoms with E-state index in [9.17, 15) is 12.8 Å². The van der Waals surface area contributed by atoms with Crippen molar-refractivity contribution >= 4 is 10.0 Å². The van der Waals surface area contributed by atoms with Gasteiger partial charge in [-0.15, -0.1) is 0 Å². The summed E-state index contributed by atoms with van der Waals surface area (Å²) in [5, 5.41) is 3.19. The van der Waals surface area contributed by atoms with Gasteiger partial charge in [-0.25, -0.2) is 12.8 Å². The molecule has 0 spiro atoms. The molecule has 1 atom stereocenters. The Kier molecular flexibility index (Phi) is 4.23. The van der Waals surface area contributed by atoms with Gasteiger partial charge < -0.3 is 5.32 Å². The highest BCUT2D eigenvalue weighted by molar-refractivity contribution is 7.89. The van der Waals surface area contributed by atoms with E-state index in [4.69, 9.17) is 0 Å². The van der Waals surface area contributed by atoms with Crippen LogP contribution in [-0.2, 0) is 10.0 Å². The van der Waals surface area contributed by atoms with Crippen LogP contribution in [0.15, 0.2) is 23.1 Å². The van der Waals surface area contributed by atoms with E-state index < -0.39 is 10.0 Å². The normalized spacial score (nSPS) is 20.7. The van der Waals surface area contributed by atoms with Crippen LogP contribution in [0.2, 0.25) is 0 Å². The van der Waals surface area contributed by atoms with Crippen LogP contribution in [0.4, 0.5) is 4.39 Å². The summed E-state index contributed by atoms with van der Waals surface area (Å²) in [4.78, 5) is 0.152. The van der Waals surface area contributed by atoms with Gasteiger partial charge in [0.1, 0.15) is 5.82 Å². The minimum Gasteiger partial charge on any atom is -0.315 e. The number of piperidine rings is 1. The molecule has 106 valence electrons. The summed E-state index contributed by atoms with van der Waals surface area (Å²) in [5.74, 6) is -0.388. The lowest BCUT2D eigenvalue weighted by molar-refractivity contribution is 0.300. The number of benzene rings is 1. The second kappa shape index (κ2) is 5.56. The third-order valence-corrected chi connectivity index (χ3v) is 5.50. The molecule has 0 aliphatic carbocycles. The van der Waals surface area contributed by atoms with E-state index in [1.807, 2.05) is 0 Å². The van der Waals surface area contributed by atoms with Gasteiger partial charge >= 0.3 is 0 Å². The molecule has 0 saturated carbocycles. The first-order valence-electron chi connectivity index (χ1n) is 6.38. The molecule has 1 aliphatic rings. The topological polar surface area (TPSA) is 49.4 Å². The fourth-order valence-corrected chi connectivity index (χ4v) is 3.75. The molecule has 1 saturated heterocycles. The van der Waals surface area contributed by atoms with Gasteiger partial charge in [0.15, 0.2) is 0 Å². The number of nitrogens with zero attached hydrogens (tertiary/aromatic N) is 1. The van der Waals surface area contributed by atoms with Gasteiger partial charge in [0.25, 0.3) is 0 Å². The molecule has 1 heterocycles. The predicted molar refractivity (Wildman–Crippen MR) is 72.0 cm³/mol. The lowest BCUT2D eigenvalue weighted by Gasteiger charge is -2.31. The maximum Gasteiger partial charge on any atom is 0.243 e. The maximum atomic E-state index is 13.2. The maximum absolute atomic E-state index is 13.2. The van der Waals surface area contributed by atoms with E-state index in [1.165, 1.54) is 22.5 Å². The van der Waals surface area contributed by atoms with Crippen molar-refractivity contribution in [2.24, 2.45) is 0 Å². The molecule has 0 bridgehead atoms. The van der Waals surface area contributed by atoms with Crippen LogP contribution < -0.4 is 5.32 Å². The summed E-state index contributed by atoms with van der Waals surface area (Å²) < 4.78 is 39.6. The summed E-state index contributed by atoms with van der Waals surface area (Å²) in [6.07, 6.45) is 1.82. The number of hydrogen-bond acceptors (Lipinski definition) is 3. The average Bonchev–Trinajstić information content (AvgIpc) is 2.41. The first-order chi connectivity index (χ1) is 8.93. The Labute approximate surface area is 113 Å². The Morgan fingerprint density at radius 3 is 2.74 bits per heavy atom. The fourth-order valence-electron chi connectivity index (χ4n) is 2.28. The van der Waals surface area contributed by atoms with Crippen LogP contribution in [-0.4, -0.2) is 38.9 Å². The molecule has 2 rings (SSSR count). The molecule has 1 aromatic rings. The van der Waals surface area contributed by atoms with Gasteiger partial charge in [-0.3, -0.25) is 0 Å². The Morgan fingerprint density at radius 1 is 1.42 bits per heavy atom. The van der Waals surface area contributed by atoms with E-state index >= 15 is 0 Å². The molecular weight excluding hydrogens is 267 g/mol. The van der Waals surface area contributed by atoms with E-state index in [2.05, 4.69) is 5.32 Å². The quantitative estimate of drug-likeness (QED) is 0.916. The zero-order valence-corrected chi connectivity index (χ0v) is 12.0. The Hall–Kier alpha value is -0.980. The van der Waals surface area contributed by atoms with Crippen LogP contribution in [0, 0.1) is 12.7 Å². The number of sulfonamides is 1. The molecular formula is C13H19FN2O2S. The summed E-state index contributed by atoms with van der Waals surface area (Å²) in [5.41, 5.74) is 0.344. The SMILES string of the molecule is Cc1cc(S(=O)(=O)N(C)C2CCCNC2)ccc1F. The summed E-state index contributed by atoms with van der Waals surface area (Å²) in [6, 6.07) is 3.88. The largest absolute Gasteiger partial charge is 0.315 e. The van der Waals surface area contributed by atoms with Gasteiger partial charge in [-0.05, 0) is 50.1 Å². The van der Waals surface area contributed by atoms with Gasteiger partial charge in [-0.1, -0.05) is 0 Å². The predicted octanol–water partition coefficient (Wildman–Crippen LogP) is 1.51. The number of aryl methyl sites for hydroxylation is 1. The molecule has 1 N–H and O–H groups in total. The van der Waals surface area contributed by atoms with Crippen molar-refractivity contribution in [3.63, 3.8) is 0 Å². The molecule has 0 amide bonds. The zero-order chi connectivity index (χ0) is 14.0. The smallest absolute Gasteiger partial charge is 0.243 e. The van der Waals surface area contributed by atoms with Crippen molar-refractivity contribution in [1.82, 2.24) is 9.62 Å². The highest BCUT2D eigenvalue weighted by atomic mass is 32.2. The summed E-state index contributed by atoms with van der Waals surface area (Å²) in [6.45, 7) is 3.16. The molecule has 19 heavy (non-hydrogen) atoms. The van der Waals surface area contributed by atoms with Crippen molar-refractivity contribution in [3.8, 4) is 0 Å². The number of nitrogens with one attached hydrogen (secondary N) is 1. The molecule has 1 aliphatic heterocycles. The number of halogens is 1. The summed E-state index contributed by atoms with van der Waals surface area (Å²) >= 11 is 0. The fraction of sp³-hybridized carbons (Fsp3) is 0.538. The van der Waals surface area contributed by atoms with Gasteiger partial charge in [0.2, 0.25) is 10.0 Å². The molecule has 0 radical (unpaired) electrons. The third-order valence-electron chi connectivity index (χ3n) is 3.59. The molecule has 1 unspecified atom stereocenters. The lowest BCUT2D eigenvalue weighted by Crippen LogP contribution is -2.46. The van der Waals surface area contributed by atoms with Crippen molar-refractivity contribution in [1.29, 1.82) is 0 Å². The average molecular weight is 286 g/mol. The second-order valence-corrected chi connectivity index (χ2v) is 6.93. The van der Waals surface area contributed by atoms with Gasteiger partial charge in [-0.2, -0.15) is 4.31 Å². The van der Waals surface area contributed by atoms with E-state index in [-0.39, 0.29) is 16.8 Å². The minimum absolute atomic E-state index is 0.0379. The van der Waals surface area contributed by atoms with Crippen LogP contribution in [0.1, 0.15) is 18.4 Å². The third kappa shape index (κ3) is 2.96. The molecule has 4 nitrogen and oxygen atoms in total. The highest BCUT2D eigenvalue weighted by Crippen LogP contribution is 2.21. The van der Waals surface area contributed by atoms with Crippen LogP contribution >= 0.6 is 0 Å². The summed E-state index contributed by atoms with van der Waals surface area (Å²) in [7, 11) is -1.96. The number of likely N-dealkylation sites (N-methyl/N-ethyl adjacent to an activating group) is 1. The Bertz CT molecular complexity index is 554. The van der Waals surface area contributed by atoms with Gasteiger partial charge in [0.05, 0.1) is 4.90 Å². The highest BCUT2D eigenvalue weighted by Gasteiger charge is 2.29. The monoisotopic (exact) mass is 286 g/mol. The lowest BCUT2D eigenvalue weighted by atomic mass is 10.1. The number of hydrogen-bond donors (Lipinski definition) is 1. The van der Waals surface area contributed by atoms with Crippen LogP contribution in [0.25, 0.3) is 0 Å². The zero-order valence-electron chi connectivity index (χ0n) is 11.2. The standard InChI is InChI=1S/C13H19FN2O2S/c1-10-8-12(5-6-13(10)14)19(17,18)16(2)11-4-3-7-15-9-11/h5-6,8,11,15H,3-4,7,9H2,1-2H3. The molecule has 6 heteroatoms. The van der Waals surface area contributed by atoms with Crippen LogP contribution in [0.5, 0.6) is 0 Å². The van der Waals surface area contributed by atoms with E-state index in [0.717, 1.165) is 19.4 Å². The van der Waals surface area contributed by atoms with Crippen molar-refractivity contribution in [3.05, 3.63) is 29.6 Å². The van der Waals surface area contributed by atoms with E-state index in [0.29, 0.717) is 12.1 Å². The molecule has 0 aromatic heterocycles. The molecule has 1 fully saturated rings. The van der Waals surface area contributed by atoms with Crippen molar-refractivity contribution in [2.45, 2.75) is 30.7 Å². The van der Waals surface area contributed by atoms with Gasteiger partial charge in [0, 0.05) is 19.6 Å². The Morgan fingerprint density at radius 2 is 2.16 bits per heavy atom. The minimum atomic E-state index is -3.55. The Balaban J connectivity index is 2.27. The second-order valence-electron chi connectivity index (χ2n) is 4.93. The van der Waals surface area contributed by atoms with Crippen LogP contribution in [0.3, 0.4) is 0 Å². The first-order valence-corrected chi connectivity index (χ1v) is 7.82. The van der Waals surface area contributed by atoms with Crippen molar-refractivity contribution in [2.75, 3.05) is 20.1 Å². The molecule has 1 aromatic carbocycles. The first kappa shape index (κ1) is 14.4. The number of rotatable bonds is 3. The van der Waals surface area contributed by atoms with E-state index in [1.54, 1.807) is 14.0 Å². The van der Waals surface area contributed by atoms with Crippen molar-refractivity contribution < 1.29 is 12.8 Å².